The van der Waals surface area contributed by atoms with Crippen molar-refractivity contribution >= 4 is 38.6 Å². The maximum atomic E-state index is 13.8. The van der Waals surface area contributed by atoms with Crippen molar-refractivity contribution < 1.29 is 13.2 Å². The van der Waals surface area contributed by atoms with Crippen LogP contribution in [0, 0.1) is 5.82 Å². The number of imidazole rings is 1. The van der Waals surface area contributed by atoms with Crippen LogP contribution in [0.1, 0.15) is 25.3 Å². The van der Waals surface area contributed by atoms with Crippen molar-refractivity contribution in [3.63, 3.8) is 0 Å². The van der Waals surface area contributed by atoms with Crippen LogP contribution in [-0.4, -0.2) is 19.6 Å². The van der Waals surface area contributed by atoms with Crippen molar-refractivity contribution in [2.45, 2.75) is 25.2 Å². The van der Waals surface area contributed by atoms with E-state index < -0.39 is 17.3 Å². The summed E-state index contributed by atoms with van der Waals surface area (Å²) < 4.78 is 40.2. The average molecular weight is 367 g/mol. The Hall–Kier alpha value is -1.32. The number of pyridine rings is 1. The maximum absolute atomic E-state index is 13.8. The summed E-state index contributed by atoms with van der Waals surface area (Å²) in [7, 11) is 6.45. The van der Waals surface area contributed by atoms with Gasteiger partial charge in [-0.05, 0) is 27.7 Å². The van der Waals surface area contributed by atoms with Gasteiger partial charge in [0, 0.05) is 11.1 Å². The summed E-state index contributed by atoms with van der Waals surface area (Å²) >= 11 is 0.738. The zero-order valence-electron chi connectivity index (χ0n) is 11.4. The molecule has 0 N–H and O–H groups in total. The zero-order valence-corrected chi connectivity index (χ0v) is 13.8. The third-order valence-electron chi connectivity index (χ3n) is 2.47. The van der Waals surface area contributed by atoms with Gasteiger partial charge in [0.05, 0.1) is 6.20 Å². The molecule has 4 nitrogen and oxygen atoms in total. The Balaban J connectivity index is 0.000000847. The molecule has 0 saturated carbocycles. The summed E-state index contributed by atoms with van der Waals surface area (Å²) in [6, 6.07) is 1.24. The number of aromatic nitrogens is 4. The highest BCUT2D eigenvalue weighted by Gasteiger charge is 2.18. The van der Waals surface area contributed by atoms with Crippen LogP contribution in [0.4, 0.5) is 13.2 Å². The van der Waals surface area contributed by atoms with Crippen molar-refractivity contribution in [3.8, 4) is 10.7 Å². The minimum Gasteiger partial charge on any atom is -0.294 e. The first-order chi connectivity index (χ1) is 10.6. The van der Waals surface area contributed by atoms with E-state index in [1.165, 1.54) is 16.7 Å². The summed E-state index contributed by atoms with van der Waals surface area (Å²) in [6.07, 6.45) is 0.227. The predicted molar refractivity (Wildman–Crippen MR) is 82.1 cm³/mol. The highest BCUT2D eigenvalue weighted by molar-refractivity contribution is 8.21. The second kappa shape index (κ2) is 7.30. The maximum Gasteiger partial charge on any atom is 0.291 e. The van der Waals surface area contributed by atoms with Crippen LogP contribution in [0.2, 0.25) is 0 Å². The lowest BCUT2D eigenvalue weighted by atomic mass is 10.4. The normalized spacial score (nSPS) is 10.9. The van der Waals surface area contributed by atoms with Gasteiger partial charge >= 0.3 is 0 Å². The van der Waals surface area contributed by atoms with E-state index in [1.807, 2.05) is 13.8 Å². The first kappa shape index (κ1) is 17.0. The third kappa shape index (κ3) is 3.21. The SMILES string of the molecule is CC.Fc1cc(SCl)cn2c(-c3nnc(C(F)F)s3)cnc12. The lowest BCUT2D eigenvalue weighted by molar-refractivity contribution is 0.150. The molecule has 3 aromatic rings. The summed E-state index contributed by atoms with van der Waals surface area (Å²) in [5.74, 6) is -0.555. The Morgan fingerprint density at radius 2 is 2.05 bits per heavy atom. The Morgan fingerprint density at radius 1 is 1.32 bits per heavy atom. The van der Waals surface area contributed by atoms with Gasteiger partial charge in [0.25, 0.3) is 6.43 Å². The Labute approximate surface area is 136 Å². The second-order valence-electron chi connectivity index (χ2n) is 3.68. The molecule has 0 aliphatic heterocycles. The monoisotopic (exact) mass is 366 g/mol. The number of halogens is 4. The van der Waals surface area contributed by atoms with Crippen LogP contribution < -0.4 is 0 Å². The minimum absolute atomic E-state index is 0.0725. The van der Waals surface area contributed by atoms with Gasteiger partial charge in [0.1, 0.15) is 5.69 Å². The number of hydrogen-bond donors (Lipinski definition) is 0. The van der Waals surface area contributed by atoms with Crippen molar-refractivity contribution in [1.82, 2.24) is 19.6 Å². The number of rotatable bonds is 3. The van der Waals surface area contributed by atoms with Crippen molar-refractivity contribution in [2.75, 3.05) is 0 Å². The molecule has 0 fully saturated rings. The molecule has 0 amide bonds. The largest absolute Gasteiger partial charge is 0.294 e. The Bertz CT molecular complexity index is 775. The molecule has 22 heavy (non-hydrogen) atoms. The minimum atomic E-state index is -2.69. The van der Waals surface area contributed by atoms with Crippen LogP contribution in [0.25, 0.3) is 16.3 Å². The van der Waals surface area contributed by atoms with Crippen LogP contribution in [-0.2, 0) is 0 Å². The molecule has 0 bridgehead atoms. The van der Waals surface area contributed by atoms with Gasteiger partial charge in [0.15, 0.2) is 21.5 Å². The van der Waals surface area contributed by atoms with Gasteiger partial charge in [-0.2, -0.15) is 0 Å². The van der Waals surface area contributed by atoms with Gasteiger partial charge in [0.2, 0.25) is 0 Å². The van der Waals surface area contributed by atoms with Crippen LogP contribution in [0.3, 0.4) is 0 Å². The van der Waals surface area contributed by atoms with Gasteiger partial charge in [-0.15, -0.1) is 10.2 Å². The standard InChI is InChI=1S/C10H4ClF3N4S2.C2H6/c11-20-4-1-5(12)8-15-2-6(18(8)3-4)9-16-17-10(19-9)7(13)14;1-2/h1-3,7H;1-2H3. The topological polar surface area (TPSA) is 43.1 Å². The van der Waals surface area contributed by atoms with Gasteiger partial charge < -0.3 is 0 Å². The first-order valence-corrected chi connectivity index (χ1v) is 8.63. The van der Waals surface area contributed by atoms with Crippen molar-refractivity contribution in [1.29, 1.82) is 0 Å². The Morgan fingerprint density at radius 3 is 2.64 bits per heavy atom. The van der Waals surface area contributed by atoms with E-state index in [0.717, 1.165) is 22.3 Å². The predicted octanol–water partition coefficient (Wildman–Crippen LogP) is 5.20. The molecule has 3 aromatic heterocycles. The van der Waals surface area contributed by atoms with Gasteiger partial charge in [-0.25, -0.2) is 18.2 Å². The molecular formula is C12H10ClF3N4S2. The van der Waals surface area contributed by atoms with E-state index in [-0.39, 0.29) is 10.7 Å². The average Bonchev–Trinajstić information content (AvgIpc) is 3.15. The number of alkyl halides is 2. The molecule has 0 unspecified atom stereocenters. The number of hydrogen-bond acceptors (Lipinski definition) is 5. The molecular weight excluding hydrogens is 357 g/mol. The molecule has 0 radical (unpaired) electrons. The van der Waals surface area contributed by atoms with Crippen LogP contribution in [0.5, 0.6) is 0 Å². The highest BCUT2D eigenvalue weighted by atomic mass is 35.7. The highest BCUT2D eigenvalue weighted by Crippen LogP contribution is 2.31. The van der Waals surface area contributed by atoms with Gasteiger partial charge in [-0.3, -0.25) is 4.40 Å². The lowest BCUT2D eigenvalue weighted by Gasteiger charge is -2.01. The summed E-state index contributed by atoms with van der Waals surface area (Å²) in [5, 5.41) is 6.93. The summed E-state index contributed by atoms with van der Waals surface area (Å²) in [6.45, 7) is 4.00. The van der Waals surface area contributed by atoms with E-state index in [4.69, 9.17) is 10.7 Å². The molecule has 0 saturated heterocycles. The van der Waals surface area contributed by atoms with E-state index in [1.54, 1.807) is 6.20 Å². The summed E-state index contributed by atoms with van der Waals surface area (Å²) in [4.78, 5) is 4.38. The van der Waals surface area contributed by atoms with E-state index in [0.29, 0.717) is 10.6 Å². The second-order valence-corrected chi connectivity index (χ2v) is 5.78. The van der Waals surface area contributed by atoms with Crippen molar-refractivity contribution in [3.05, 3.63) is 29.3 Å². The fourth-order valence-electron chi connectivity index (χ4n) is 1.65. The quantitative estimate of drug-likeness (QED) is 0.638. The van der Waals surface area contributed by atoms with Crippen LogP contribution in [0.15, 0.2) is 23.4 Å². The van der Waals surface area contributed by atoms with Crippen molar-refractivity contribution in [2.24, 2.45) is 0 Å². The molecule has 0 aromatic carbocycles. The molecule has 0 atom stereocenters. The fourth-order valence-corrected chi connectivity index (χ4v) is 2.90. The fraction of sp³-hybridized carbons (Fsp3) is 0.250. The molecule has 10 heteroatoms. The third-order valence-corrected chi connectivity index (χ3v) is 4.36. The molecule has 3 heterocycles. The first-order valence-electron chi connectivity index (χ1n) is 6.17. The van der Waals surface area contributed by atoms with E-state index in [9.17, 15) is 13.2 Å². The smallest absolute Gasteiger partial charge is 0.291 e. The lowest BCUT2D eigenvalue weighted by Crippen LogP contribution is -1.92. The molecule has 0 spiro atoms. The molecule has 118 valence electrons. The number of nitrogens with zero attached hydrogens (tertiary/aromatic N) is 4. The van der Waals surface area contributed by atoms with Crippen LogP contribution >= 0.6 is 33.0 Å². The Kier molecular flexibility index (Phi) is 5.65. The zero-order chi connectivity index (χ0) is 16.3. The van der Waals surface area contributed by atoms with E-state index >= 15 is 0 Å². The molecule has 0 aliphatic rings. The van der Waals surface area contributed by atoms with Gasteiger partial charge in [-0.1, -0.05) is 25.2 Å². The summed E-state index contributed by atoms with van der Waals surface area (Å²) in [5.41, 5.74) is 0.458. The molecule has 3 rings (SSSR count). The number of fused-ring (bicyclic) bond motifs is 1. The molecule has 0 aliphatic carbocycles. The van der Waals surface area contributed by atoms with E-state index in [2.05, 4.69) is 15.2 Å².